The molecule has 0 amide bonds. The van der Waals surface area contributed by atoms with E-state index >= 15 is 0 Å². The molecule has 22 heavy (non-hydrogen) atoms. The standard InChI is InChI=1S/C16H24FN3O2/c17-12-9-13(16(21)14(18)10-12)15(11-1-7-22-8-2-11)20-5-3-19-4-6-20/h9-11,15,19,21H,1-8,18H2/t15-/m0/s1. The molecule has 0 aliphatic carbocycles. The maximum atomic E-state index is 13.9. The highest BCUT2D eigenvalue weighted by molar-refractivity contribution is 5.57. The highest BCUT2D eigenvalue weighted by atomic mass is 19.1. The molecule has 1 atom stereocenters. The van der Waals surface area contributed by atoms with Crippen LogP contribution in [0.1, 0.15) is 24.4 Å². The van der Waals surface area contributed by atoms with Gasteiger partial charge in [0.15, 0.2) is 0 Å². The van der Waals surface area contributed by atoms with Gasteiger partial charge >= 0.3 is 0 Å². The first kappa shape index (κ1) is 15.5. The first-order chi connectivity index (χ1) is 10.7. The lowest BCUT2D eigenvalue weighted by Crippen LogP contribution is -2.47. The number of rotatable bonds is 3. The van der Waals surface area contributed by atoms with Crippen molar-refractivity contribution in [2.75, 3.05) is 45.1 Å². The van der Waals surface area contributed by atoms with Crippen molar-refractivity contribution in [3.63, 3.8) is 0 Å². The number of nitrogens with zero attached hydrogens (tertiary/aromatic N) is 1. The monoisotopic (exact) mass is 309 g/mol. The van der Waals surface area contributed by atoms with E-state index in [2.05, 4.69) is 10.2 Å². The lowest BCUT2D eigenvalue weighted by Gasteiger charge is -2.41. The molecule has 0 bridgehead atoms. The van der Waals surface area contributed by atoms with Crippen molar-refractivity contribution in [3.05, 3.63) is 23.5 Å². The van der Waals surface area contributed by atoms with Crippen molar-refractivity contribution in [2.24, 2.45) is 5.92 Å². The first-order valence-electron chi connectivity index (χ1n) is 7.97. The second-order valence-electron chi connectivity index (χ2n) is 6.11. The summed E-state index contributed by atoms with van der Waals surface area (Å²) in [7, 11) is 0. The van der Waals surface area contributed by atoms with Gasteiger partial charge in [-0.3, -0.25) is 4.90 Å². The Morgan fingerprint density at radius 1 is 1.27 bits per heavy atom. The fourth-order valence-corrected chi connectivity index (χ4v) is 3.61. The molecule has 122 valence electrons. The minimum Gasteiger partial charge on any atom is -0.505 e. The first-order valence-corrected chi connectivity index (χ1v) is 7.97. The second kappa shape index (κ2) is 6.81. The molecule has 2 aliphatic heterocycles. The second-order valence-corrected chi connectivity index (χ2v) is 6.11. The van der Waals surface area contributed by atoms with Crippen LogP contribution < -0.4 is 11.1 Å². The largest absolute Gasteiger partial charge is 0.505 e. The molecule has 0 radical (unpaired) electrons. The fraction of sp³-hybridized carbons (Fsp3) is 0.625. The molecule has 0 unspecified atom stereocenters. The molecule has 0 spiro atoms. The topological polar surface area (TPSA) is 70.8 Å². The molecular weight excluding hydrogens is 285 g/mol. The van der Waals surface area contributed by atoms with Crippen molar-refractivity contribution < 1.29 is 14.2 Å². The molecule has 2 aliphatic rings. The smallest absolute Gasteiger partial charge is 0.143 e. The van der Waals surface area contributed by atoms with E-state index in [0.29, 0.717) is 11.5 Å². The van der Waals surface area contributed by atoms with Crippen LogP contribution in [-0.4, -0.2) is 49.4 Å². The Kier molecular flexibility index (Phi) is 4.81. The maximum Gasteiger partial charge on any atom is 0.143 e. The third-order valence-corrected chi connectivity index (χ3v) is 4.71. The van der Waals surface area contributed by atoms with Crippen molar-refractivity contribution in [3.8, 4) is 5.75 Å². The summed E-state index contributed by atoms with van der Waals surface area (Å²) in [4.78, 5) is 2.33. The van der Waals surface area contributed by atoms with Gasteiger partial charge in [-0.2, -0.15) is 0 Å². The molecule has 6 heteroatoms. The molecule has 3 rings (SSSR count). The maximum absolute atomic E-state index is 13.9. The van der Waals surface area contributed by atoms with Gasteiger partial charge in [0.05, 0.1) is 5.69 Å². The number of nitrogen functional groups attached to an aromatic ring is 1. The molecule has 1 aromatic rings. The Bertz CT molecular complexity index is 496. The summed E-state index contributed by atoms with van der Waals surface area (Å²) < 4.78 is 19.3. The molecule has 0 aromatic heterocycles. The van der Waals surface area contributed by atoms with Crippen molar-refractivity contribution in [2.45, 2.75) is 18.9 Å². The predicted molar refractivity (Wildman–Crippen MR) is 83.2 cm³/mol. The van der Waals surface area contributed by atoms with Crippen LogP contribution in [0.3, 0.4) is 0 Å². The van der Waals surface area contributed by atoms with Gasteiger partial charge in [0.1, 0.15) is 11.6 Å². The van der Waals surface area contributed by atoms with Gasteiger partial charge in [0, 0.05) is 57.1 Å². The van der Waals surface area contributed by atoms with E-state index in [0.717, 1.165) is 52.2 Å². The Labute approximate surface area is 130 Å². The third-order valence-electron chi connectivity index (χ3n) is 4.71. The number of nitrogens with two attached hydrogens (primary N) is 1. The van der Waals surface area contributed by atoms with Crippen LogP contribution in [-0.2, 0) is 4.74 Å². The van der Waals surface area contributed by atoms with E-state index in [-0.39, 0.29) is 17.5 Å². The number of hydrogen-bond donors (Lipinski definition) is 3. The van der Waals surface area contributed by atoms with Crippen LogP contribution in [0.25, 0.3) is 0 Å². The summed E-state index contributed by atoms with van der Waals surface area (Å²) in [5.41, 5.74) is 6.50. The number of nitrogens with one attached hydrogen (secondary N) is 1. The Morgan fingerprint density at radius 3 is 2.64 bits per heavy atom. The molecule has 4 N–H and O–H groups in total. The lowest BCUT2D eigenvalue weighted by molar-refractivity contribution is 0.0206. The zero-order chi connectivity index (χ0) is 15.5. The van der Waals surface area contributed by atoms with Gasteiger partial charge in [-0.1, -0.05) is 0 Å². The molecule has 0 saturated carbocycles. The van der Waals surface area contributed by atoms with Gasteiger partial charge in [-0.05, 0) is 24.8 Å². The summed E-state index contributed by atoms with van der Waals surface area (Å²) >= 11 is 0. The van der Waals surface area contributed by atoms with E-state index in [4.69, 9.17) is 10.5 Å². The van der Waals surface area contributed by atoms with Crippen LogP contribution in [0, 0.1) is 11.7 Å². The summed E-state index contributed by atoms with van der Waals surface area (Å²) in [6, 6.07) is 2.61. The highest BCUT2D eigenvalue weighted by Crippen LogP contribution is 2.41. The van der Waals surface area contributed by atoms with Crippen LogP contribution in [0.5, 0.6) is 5.75 Å². The Morgan fingerprint density at radius 2 is 1.95 bits per heavy atom. The van der Waals surface area contributed by atoms with Gasteiger partial charge in [-0.15, -0.1) is 0 Å². The minimum atomic E-state index is -0.391. The summed E-state index contributed by atoms with van der Waals surface area (Å²) in [6.45, 7) is 5.03. The predicted octanol–water partition coefficient (Wildman–Crippen LogP) is 1.49. The third kappa shape index (κ3) is 3.19. The Balaban J connectivity index is 1.96. The van der Waals surface area contributed by atoms with E-state index < -0.39 is 5.82 Å². The number of phenolic OH excluding ortho intramolecular Hbond substituents is 1. The van der Waals surface area contributed by atoms with Crippen molar-refractivity contribution >= 4 is 5.69 Å². The lowest BCUT2D eigenvalue weighted by atomic mass is 9.85. The average molecular weight is 309 g/mol. The average Bonchev–Trinajstić information content (AvgIpc) is 2.54. The normalized spacial score (nSPS) is 22.6. The van der Waals surface area contributed by atoms with E-state index in [1.807, 2.05) is 0 Å². The number of phenols is 1. The van der Waals surface area contributed by atoms with Crippen LogP contribution >= 0.6 is 0 Å². The molecule has 2 fully saturated rings. The zero-order valence-electron chi connectivity index (χ0n) is 12.7. The van der Waals surface area contributed by atoms with Gasteiger partial charge < -0.3 is 20.9 Å². The number of piperazine rings is 1. The quantitative estimate of drug-likeness (QED) is 0.583. The molecule has 2 heterocycles. The van der Waals surface area contributed by atoms with Crippen LogP contribution in [0.2, 0.25) is 0 Å². The van der Waals surface area contributed by atoms with E-state index in [9.17, 15) is 9.50 Å². The number of hydrogen-bond acceptors (Lipinski definition) is 5. The van der Waals surface area contributed by atoms with Gasteiger partial charge in [0.2, 0.25) is 0 Å². The molecular formula is C16H24FN3O2. The van der Waals surface area contributed by atoms with Crippen LogP contribution in [0.15, 0.2) is 12.1 Å². The van der Waals surface area contributed by atoms with Crippen molar-refractivity contribution in [1.82, 2.24) is 10.2 Å². The number of aromatic hydroxyl groups is 1. The minimum absolute atomic E-state index is 0.0102. The van der Waals surface area contributed by atoms with Crippen LogP contribution in [0.4, 0.5) is 10.1 Å². The zero-order valence-corrected chi connectivity index (χ0v) is 12.7. The number of halogens is 1. The van der Waals surface area contributed by atoms with Gasteiger partial charge in [-0.25, -0.2) is 4.39 Å². The molecule has 5 nitrogen and oxygen atoms in total. The number of ether oxygens (including phenoxy) is 1. The summed E-state index contributed by atoms with van der Waals surface area (Å²) in [5.74, 6) is -0.0205. The molecule has 2 saturated heterocycles. The SMILES string of the molecule is Nc1cc(F)cc([C@H](C2CCOCC2)N2CCNCC2)c1O. The fourth-order valence-electron chi connectivity index (χ4n) is 3.61. The number of anilines is 1. The number of benzene rings is 1. The van der Waals surface area contributed by atoms with Crippen molar-refractivity contribution in [1.29, 1.82) is 0 Å². The summed E-state index contributed by atoms with van der Waals surface area (Å²) in [6.07, 6.45) is 1.84. The van der Waals surface area contributed by atoms with E-state index in [1.54, 1.807) is 0 Å². The summed E-state index contributed by atoms with van der Waals surface area (Å²) in [5, 5.41) is 13.7. The van der Waals surface area contributed by atoms with Gasteiger partial charge in [0.25, 0.3) is 0 Å². The highest BCUT2D eigenvalue weighted by Gasteiger charge is 2.33. The van der Waals surface area contributed by atoms with E-state index in [1.165, 1.54) is 12.1 Å². The Hall–Kier alpha value is -1.37. The molecule has 1 aromatic carbocycles.